The van der Waals surface area contributed by atoms with Gasteiger partial charge >= 0.3 is 0 Å². The Morgan fingerprint density at radius 2 is 2.08 bits per heavy atom. The van der Waals surface area contributed by atoms with Gasteiger partial charge in [0.15, 0.2) is 11.5 Å². The normalized spacial score (nSPS) is 19.8. The first-order chi connectivity index (χ1) is 11.2. The highest BCUT2D eigenvalue weighted by atomic mass is 79.9. The minimum atomic E-state index is -0.252. The first kappa shape index (κ1) is 21.5. The molecule has 0 aliphatic carbocycles. The Balaban J connectivity index is 0.00000288. The minimum Gasteiger partial charge on any atom is -0.490 e. The fourth-order valence-corrected chi connectivity index (χ4v) is 3.26. The number of nitrogens with one attached hydrogen (secondary N) is 2. The molecular formula is C17H28BrClN2O3. The van der Waals surface area contributed by atoms with Gasteiger partial charge in [-0.2, -0.15) is 0 Å². The average Bonchev–Trinajstić information content (AvgIpc) is 2.92. The molecule has 1 heterocycles. The molecule has 3 N–H and O–H groups in total. The minimum absolute atomic E-state index is 0. The molecule has 2 rings (SSSR count). The summed E-state index contributed by atoms with van der Waals surface area (Å²) in [5.41, 5.74) is 1.13. The van der Waals surface area contributed by atoms with Crippen LogP contribution < -0.4 is 20.1 Å². The van der Waals surface area contributed by atoms with Gasteiger partial charge in [0, 0.05) is 32.1 Å². The first-order valence-corrected chi connectivity index (χ1v) is 9.12. The van der Waals surface area contributed by atoms with E-state index < -0.39 is 0 Å². The molecule has 0 radical (unpaired) electrons. The summed E-state index contributed by atoms with van der Waals surface area (Å²) in [6.07, 6.45) is 0.706. The standard InChI is InChI=1S/C17H27BrN2O3.ClH/c1-3-5-23-17-14(18)6-12(7-16(17)22-4-2)8-19-9-13-10-20-11-15(13)21;/h6-7,13,15,19-21H,3-5,8-11H2,1-2H3;1H. The summed E-state index contributed by atoms with van der Waals surface area (Å²) < 4.78 is 12.4. The van der Waals surface area contributed by atoms with Crippen molar-refractivity contribution in [3.05, 3.63) is 22.2 Å². The van der Waals surface area contributed by atoms with Crippen molar-refractivity contribution >= 4 is 28.3 Å². The predicted octanol–water partition coefficient (Wildman–Crippen LogP) is 2.73. The van der Waals surface area contributed by atoms with Crippen molar-refractivity contribution in [1.82, 2.24) is 10.6 Å². The topological polar surface area (TPSA) is 62.8 Å². The molecule has 138 valence electrons. The van der Waals surface area contributed by atoms with Crippen molar-refractivity contribution in [3.63, 3.8) is 0 Å². The zero-order chi connectivity index (χ0) is 16.7. The van der Waals surface area contributed by atoms with Gasteiger partial charge in [0.05, 0.1) is 23.8 Å². The molecule has 0 spiro atoms. The Kier molecular flexibility index (Phi) is 10.0. The van der Waals surface area contributed by atoms with E-state index in [1.165, 1.54) is 0 Å². The maximum atomic E-state index is 9.82. The SMILES string of the molecule is CCCOc1c(Br)cc(CNCC2CNCC2O)cc1OCC.Cl. The molecule has 1 aliphatic heterocycles. The number of aliphatic hydroxyl groups excluding tert-OH is 1. The largest absolute Gasteiger partial charge is 0.490 e. The Morgan fingerprint density at radius 1 is 1.29 bits per heavy atom. The number of benzene rings is 1. The van der Waals surface area contributed by atoms with E-state index in [0.29, 0.717) is 19.8 Å². The molecule has 5 nitrogen and oxygen atoms in total. The number of hydrogen-bond donors (Lipinski definition) is 3. The van der Waals surface area contributed by atoms with E-state index in [0.717, 1.165) is 47.6 Å². The number of hydrogen-bond acceptors (Lipinski definition) is 5. The van der Waals surface area contributed by atoms with Gasteiger partial charge < -0.3 is 25.2 Å². The highest BCUT2D eigenvalue weighted by Gasteiger charge is 2.24. The summed E-state index contributed by atoms with van der Waals surface area (Å²) in [5, 5.41) is 16.4. The lowest BCUT2D eigenvalue weighted by Crippen LogP contribution is -2.30. The lowest BCUT2D eigenvalue weighted by Gasteiger charge is -2.17. The van der Waals surface area contributed by atoms with Crippen LogP contribution >= 0.6 is 28.3 Å². The van der Waals surface area contributed by atoms with Crippen molar-refractivity contribution in [2.24, 2.45) is 5.92 Å². The number of halogens is 2. The molecule has 1 saturated heterocycles. The van der Waals surface area contributed by atoms with E-state index >= 15 is 0 Å². The third-order valence-corrected chi connectivity index (χ3v) is 4.45. The van der Waals surface area contributed by atoms with Crippen molar-refractivity contribution in [2.75, 3.05) is 32.8 Å². The van der Waals surface area contributed by atoms with Gasteiger partial charge in [0.1, 0.15) is 0 Å². The highest BCUT2D eigenvalue weighted by molar-refractivity contribution is 9.10. The third kappa shape index (κ3) is 6.08. The smallest absolute Gasteiger partial charge is 0.175 e. The second-order valence-corrected chi connectivity index (χ2v) is 6.66. The van der Waals surface area contributed by atoms with E-state index in [1.54, 1.807) is 0 Å². The van der Waals surface area contributed by atoms with E-state index in [9.17, 15) is 5.11 Å². The maximum Gasteiger partial charge on any atom is 0.175 e. The molecule has 2 atom stereocenters. The van der Waals surface area contributed by atoms with Crippen LogP contribution in [0.2, 0.25) is 0 Å². The summed E-state index contributed by atoms with van der Waals surface area (Å²) in [4.78, 5) is 0. The summed E-state index contributed by atoms with van der Waals surface area (Å²) in [7, 11) is 0. The quantitative estimate of drug-likeness (QED) is 0.570. The number of aliphatic hydroxyl groups is 1. The second kappa shape index (κ2) is 11.2. The Bertz CT molecular complexity index is 505. The van der Waals surface area contributed by atoms with Gasteiger partial charge in [0.2, 0.25) is 0 Å². The maximum absolute atomic E-state index is 9.82. The van der Waals surface area contributed by atoms with Crippen molar-refractivity contribution in [2.45, 2.75) is 32.9 Å². The van der Waals surface area contributed by atoms with Crippen LogP contribution in [0, 0.1) is 5.92 Å². The van der Waals surface area contributed by atoms with Crippen LogP contribution in [-0.4, -0.2) is 44.1 Å². The fraction of sp³-hybridized carbons (Fsp3) is 0.647. The average molecular weight is 424 g/mol. The summed E-state index contributed by atoms with van der Waals surface area (Å²) in [6.45, 7) is 8.41. The first-order valence-electron chi connectivity index (χ1n) is 8.33. The second-order valence-electron chi connectivity index (χ2n) is 5.80. The molecule has 0 saturated carbocycles. The molecule has 1 aliphatic rings. The summed E-state index contributed by atoms with van der Waals surface area (Å²) >= 11 is 3.58. The Labute approximate surface area is 159 Å². The third-order valence-electron chi connectivity index (χ3n) is 3.86. The number of rotatable bonds is 9. The van der Waals surface area contributed by atoms with Crippen LogP contribution in [0.5, 0.6) is 11.5 Å². The van der Waals surface area contributed by atoms with E-state index in [-0.39, 0.29) is 24.4 Å². The van der Waals surface area contributed by atoms with Gasteiger partial charge in [-0.3, -0.25) is 0 Å². The van der Waals surface area contributed by atoms with Gasteiger partial charge in [-0.25, -0.2) is 0 Å². The van der Waals surface area contributed by atoms with Crippen molar-refractivity contribution < 1.29 is 14.6 Å². The highest BCUT2D eigenvalue weighted by Crippen LogP contribution is 2.37. The van der Waals surface area contributed by atoms with Crippen LogP contribution in [0.15, 0.2) is 16.6 Å². The van der Waals surface area contributed by atoms with Crippen molar-refractivity contribution in [3.8, 4) is 11.5 Å². The molecule has 0 bridgehead atoms. The molecule has 2 unspecified atom stereocenters. The van der Waals surface area contributed by atoms with Gasteiger partial charge in [-0.05, 0) is 47.0 Å². The number of ether oxygens (including phenoxy) is 2. The Hall–Kier alpha value is -0.530. The lowest BCUT2D eigenvalue weighted by molar-refractivity contribution is 0.146. The van der Waals surface area contributed by atoms with Gasteiger partial charge in [0.25, 0.3) is 0 Å². The molecule has 24 heavy (non-hydrogen) atoms. The summed E-state index contributed by atoms with van der Waals surface area (Å²) in [5.74, 6) is 1.82. The zero-order valence-corrected chi connectivity index (χ0v) is 16.7. The molecule has 0 aromatic heterocycles. The van der Waals surface area contributed by atoms with E-state index in [1.807, 2.05) is 13.0 Å². The predicted molar refractivity (Wildman–Crippen MR) is 102 cm³/mol. The van der Waals surface area contributed by atoms with E-state index in [2.05, 4.69) is 39.6 Å². The molecule has 1 aromatic rings. The van der Waals surface area contributed by atoms with Crippen LogP contribution in [0.25, 0.3) is 0 Å². The van der Waals surface area contributed by atoms with E-state index in [4.69, 9.17) is 9.47 Å². The summed E-state index contributed by atoms with van der Waals surface area (Å²) in [6, 6.07) is 4.08. The molecule has 7 heteroatoms. The molecule has 1 aromatic carbocycles. The number of β-amino-alcohol motifs (C(OH)–C–C–N with tert-alkyl or cyclic N) is 1. The van der Waals surface area contributed by atoms with Crippen LogP contribution in [0.3, 0.4) is 0 Å². The van der Waals surface area contributed by atoms with Gasteiger partial charge in [-0.15, -0.1) is 12.4 Å². The van der Waals surface area contributed by atoms with Crippen LogP contribution in [-0.2, 0) is 6.54 Å². The Morgan fingerprint density at radius 3 is 2.71 bits per heavy atom. The molecule has 1 fully saturated rings. The molecular weight excluding hydrogens is 396 g/mol. The lowest BCUT2D eigenvalue weighted by atomic mass is 10.1. The molecule has 0 amide bonds. The van der Waals surface area contributed by atoms with Crippen LogP contribution in [0.1, 0.15) is 25.8 Å². The van der Waals surface area contributed by atoms with Crippen molar-refractivity contribution in [1.29, 1.82) is 0 Å². The van der Waals surface area contributed by atoms with Gasteiger partial charge in [-0.1, -0.05) is 6.92 Å². The monoisotopic (exact) mass is 422 g/mol. The zero-order valence-electron chi connectivity index (χ0n) is 14.3. The van der Waals surface area contributed by atoms with Crippen LogP contribution in [0.4, 0.5) is 0 Å². The fourth-order valence-electron chi connectivity index (χ4n) is 2.66.